The molecule has 1 atom stereocenters. The van der Waals surface area contributed by atoms with Crippen LogP contribution in [0, 0.1) is 0 Å². The van der Waals surface area contributed by atoms with E-state index in [1.54, 1.807) is 54.6 Å². The molecule has 0 bridgehead atoms. The van der Waals surface area contributed by atoms with Crippen molar-refractivity contribution in [2.45, 2.75) is 12.2 Å². The van der Waals surface area contributed by atoms with Crippen LogP contribution in [0.1, 0.15) is 27.5 Å². The average Bonchev–Trinajstić information content (AvgIpc) is 3.18. The molecule has 7 nitrogen and oxygen atoms in total. The van der Waals surface area contributed by atoms with E-state index < -0.39 is 29.7 Å². The number of amides is 1. The zero-order chi connectivity index (χ0) is 27.0. The number of anilines is 3. The van der Waals surface area contributed by atoms with Crippen molar-refractivity contribution in [2.75, 3.05) is 10.3 Å². The van der Waals surface area contributed by atoms with E-state index >= 15 is 0 Å². The van der Waals surface area contributed by atoms with Crippen LogP contribution >= 0.6 is 0 Å². The number of hydrogen-bond acceptors (Lipinski definition) is 5. The van der Waals surface area contributed by atoms with E-state index in [-0.39, 0.29) is 22.7 Å². The number of carbonyl (C=O) groups is 2. The van der Waals surface area contributed by atoms with Crippen LogP contribution in [0.15, 0.2) is 91.0 Å². The zero-order valence-electron chi connectivity index (χ0n) is 19.5. The van der Waals surface area contributed by atoms with Crippen molar-refractivity contribution in [1.29, 1.82) is 0 Å². The molecule has 1 heterocycles. The predicted octanol–water partition coefficient (Wildman–Crippen LogP) is 6.11. The highest BCUT2D eigenvalue weighted by molar-refractivity contribution is 6.10. The Hall–Kier alpha value is -4.83. The van der Waals surface area contributed by atoms with E-state index in [0.29, 0.717) is 22.4 Å². The number of para-hydroxylation sites is 2. The molecule has 0 aliphatic carbocycles. The van der Waals surface area contributed by atoms with Gasteiger partial charge < -0.3 is 15.6 Å². The maximum atomic E-state index is 13.4. The second-order valence-electron chi connectivity index (χ2n) is 8.57. The van der Waals surface area contributed by atoms with E-state index in [2.05, 4.69) is 10.9 Å². The Morgan fingerprint density at radius 1 is 0.895 bits per heavy atom. The predicted molar refractivity (Wildman–Crippen MR) is 135 cm³/mol. The molecular weight excluding hydrogens is 499 g/mol. The standard InChI is InChI=1S/C28H20F3N3O4/c29-28(30,31)18-8-4-9-19(15-18)34-23-13-2-1-10-21(23)24(26(34)36)33-32-22-12-5-11-20(25(22)35)16-6-3-7-17(14-16)27(37)38/h1-15,24,32-33,35H,(H,37,38). The number of aromatic hydroxyl groups is 1. The van der Waals surface area contributed by atoms with Gasteiger partial charge in [0.25, 0.3) is 5.91 Å². The number of nitrogens with one attached hydrogen (secondary N) is 2. The number of alkyl halides is 3. The molecule has 4 N–H and O–H groups in total. The molecule has 0 spiro atoms. The maximum absolute atomic E-state index is 13.4. The lowest BCUT2D eigenvalue weighted by Gasteiger charge is -2.20. The van der Waals surface area contributed by atoms with Gasteiger partial charge in [0.2, 0.25) is 0 Å². The SMILES string of the molecule is O=C(O)c1cccc(-c2cccc(NNC3C(=O)N(c4cccc(C(F)(F)F)c4)c4ccccc43)c2O)c1. The van der Waals surface area contributed by atoms with Gasteiger partial charge >= 0.3 is 12.1 Å². The summed E-state index contributed by atoms with van der Waals surface area (Å²) < 4.78 is 39.9. The Balaban J connectivity index is 1.43. The molecule has 4 aromatic carbocycles. The van der Waals surface area contributed by atoms with E-state index in [9.17, 15) is 33.0 Å². The summed E-state index contributed by atoms with van der Waals surface area (Å²) in [6.07, 6.45) is -4.57. The van der Waals surface area contributed by atoms with E-state index in [0.717, 1.165) is 12.1 Å². The van der Waals surface area contributed by atoms with Crippen molar-refractivity contribution in [2.24, 2.45) is 0 Å². The molecule has 4 aromatic rings. The summed E-state index contributed by atoms with van der Waals surface area (Å²) in [5.74, 6) is -1.80. The number of nitrogens with zero attached hydrogens (tertiary/aromatic N) is 1. The molecular formula is C28H20F3N3O4. The van der Waals surface area contributed by atoms with Gasteiger partial charge in [-0.3, -0.25) is 9.69 Å². The van der Waals surface area contributed by atoms with E-state index in [4.69, 9.17) is 0 Å². The normalized spacial score (nSPS) is 14.9. The molecule has 1 unspecified atom stereocenters. The topological polar surface area (TPSA) is 102 Å². The van der Waals surface area contributed by atoms with Crippen molar-refractivity contribution >= 4 is 28.9 Å². The van der Waals surface area contributed by atoms with Crippen LogP contribution in [0.25, 0.3) is 11.1 Å². The van der Waals surface area contributed by atoms with Crippen molar-refractivity contribution in [1.82, 2.24) is 5.43 Å². The van der Waals surface area contributed by atoms with Crippen LogP contribution in [-0.4, -0.2) is 22.1 Å². The fraction of sp³-hybridized carbons (Fsp3) is 0.0714. The molecule has 0 saturated carbocycles. The number of carbonyl (C=O) groups excluding carboxylic acids is 1. The van der Waals surface area contributed by atoms with Crippen LogP contribution in [-0.2, 0) is 11.0 Å². The number of fused-ring (bicyclic) bond motifs is 1. The van der Waals surface area contributed by atoms with Gasteiger partial charge in [-0.1, -0.05) is 48.5 Å². The molecule has 38 heavy (non-hydrogen) atoms. The maximum Gasteiger partial charge on any atom is 0.416 e. The lowest BCUT2D eigenvalue weighted by molar-refractivity contribution is -0.137. The molecule has 0 aromatic heterocycles. The Labute approximate surface area is 214 Å². The summed E-state index contributed by atoms with van der Waals surface area (Å²) in [7, 11) is 0. The third-order valence-electron chi connectivity index (χ3n) is 6.20. The van der Waals surface area contributed by atoms with Gasteiger partial charge in [-0.05, 0) is 48.0 Å². The first-order valence-corrected chi connectivity index (χ1v) is 11.4. The highest BCUT2D eigenvalue weighted by Crippen LogP contribution is 2.43. The largest absolute Gasteiger partial charge is 0.505 e. The number of hydrazine groups is 1. The van der Waals surface area contributed by atoms with Gasteiger partial charge in [-0.25, -0.2) is 10.2 Å². The van der Waals surface area contributed by atoms with Gasteiger partial charge in [0.05, 0.1) is 22.5 Å². The summed E-state index contributed by atoms with van der Waals surface area (Å²) in [4.78, 5) is 26.0. The Morgan fingerprint density at radius 3 is 2.39 bits per heavy atom. The van der Waals surface area contributed by atoms with E-state index in [1.165, 1.54) is 29.2 Å². The second kappa shape index (κ2) is 9.56. The number of aromatic carboxylic acids is 1. The number of phenolic OH excluding ortho intramolecular Hbond substituents is 1. The van der Waals surface area contributed by atoms with Gasteiger partial charge in [-0.15, -0.1) is 0 Å². The van der Waals surface area contributed by atoms with Gasteiger partial charge in [-0.2, -0.15) is 13.2 Å². The van der Waals surface area contributed by atoms with Crippen LogP contribution in [0.2, 0.25) is 0 Å². The van der Waals surface area contributed by atoms with E-state index in [1.807, 2.05) is 0 Å². The quantitative estimate of drug-likeness (QED) is 0.181. The number of rotatable bonds is 6. The molecule has 0 radical (unpaired) electrons. The summed E-state index contributed by atoms with van der Waals surface area (Å²) in [5.41, 5.74) is 7.00. The van der Waals surface area contributed by atoms with Crippen LogP contribution in [0.4, 0.5) is 30.2 Å². The van der Waals surface area contributed by atoms with Crippen LogP contribution < -0.4 is 15.8 Å². The fourth-order valence-electron chi connectivity index (χ4n) is 4.39. The van der Waals surface area contributed by atoms with Crippen molar-refractivity contribution in [3.63, 3.8) is 0 Å². The molecule has 1 aliphatic rings. The fourth-order valence-corrected chi connectivity index (χ4v) is 4.39. The number of carboxylic acids is 1. The Bertz CT molecular complexity index is 1550. The Kier molecular flexibility index (Phi) is 6.25. The summed E-state index contributed by atoms with van der Waals surface area (Å²) in [6, 6.07) is 21.2. The third-order valence-corrected chi connectivity index (χ3v) is 6.20. The summed E-state index contributed by atoms with van der Waals surface area (Å²) in [6.45, 7) is 0. The minimum Gasteiger partial charge on any atom is -0.505 e. The average molecular weight is 519 g/mol. The Morgan fingerprint density at radius 2 is 1.63 bits per heavy atom. The molecule has 10 heteroatoms. The highest BCUT2D eigenvalue weighted by Gasteiger charge is 2.39. The number of phenols is 1. The number of halogens is 3. The zero-order valence-corrected chi connectivity index (χ0v) is 19.5. The van der Waals surface area contributed by atoms with Gasteiger partial charge in [0.1, 0.15) is 11.8 Å². The second-order valence-corrected chi connectivity index (χ2v) is 8.57. The first-order valence-electron chi connectivity index (χ1n) is 11.4. The third kappa shape index (κ3) is 4.53. The van der Waals surface area contributed by atoms with Crippen molar-refractivity contribution in [3.05, 3.63) is 108 Å². The summed E-state index contributed by atoms with van der Waals surface area (Å²) >= 11 is 0. The molecule has 5 rings (SSSR count). The number of carboxylic acid groups (broad SMARTS) is 1. The number of hydrogen-bond donors (Lipinski definition) is 4. The minimum atomic E-state index is -4.57. The first-order chi connectivity index (χ1) is 18.1. The molecule has 192 valence electrons. The minimum absolute atomic E-state index is 0.0567. The summed E-state index contributed by atoms with van der Waals surface area (Å²) in [5, 5.41) is 20.2. The van der Waals surface area contributed by atoms with Crippen LogP contribution in [0.3, 0.4) is 0 Å². The van der Waals surface area contributed by atoms with Gasteiger partial charge in [0.15, 0.2) is 0 Å². The van der Waals surface area contributed by atoms with Crippen molar-refractivity contribution in [3.8, 4) is 16.9 Å². The monoisotopic (exact) mass is 519 g/mol. The van der Waals surface area contributed by atoms with Crippen molar-refractivity contribution < 1.29 is 33.0 Å². The first kappa shape index (κ1) is 24.8. The van der Waals surface area contributed by atoms with Gasteiger partial charge in [0, 0.05) is 16.8 Å². The lowest BCUT2D eigenvalue weighted by atomic mass is 10.0. The smallest absolute Gasteiger partial charge is 0.416 e. The molecule has 1 amide bonds. The molecule has 0 saturated heterocycles. The molecule has 0 fully saturated rings. The lowest BCUT2D eigenvalue weighted by Crippen LogP contribution is -2.35. The molecule has 1 aliphatic heterocycles. The highest BCUT2D eigenvalue weighted by atomic mass is 19.4. The number of benzene rings is 4. The van der Waals surface area contributed by atoms with Crippen LogP contribution in [0.5, 0.6) is 5.75 Å².